The summed E-state index contributed by atoms with van der Waals surface area (Å²) >= 11 is 0. The highest BCUT2D eigenvalue weighted by molar-refractivity contribution is 5.91. The van der Waals surface area contributed by atoms with Crippen LogP contribution in [-0.2, 0) is 10.4 Å². The molecule has 7 nitrogen and oxygen atoms in total. The van der Waals surface area contributed by atoms with Gasteiger partial charge in [0.25, 0.3) is 0 Å². The molecule has 0 saturated heterocycles. The molecule has 0 bridgehead atoms. The number of aliphatic hydroxyl groups excluding tert-OH is 1. The van der Waals surface area contributed by atoms with Crippen molar-refractivity contribution in [2.45, 2.75) is 18.1 Å². The Balaban J connectivity index is 2.27. The first-order valence-corrected chi connectivity index (χ1v) is 6.44. The Kier molecular flexibility index (Phi) is 3.05. The minimum Gasteiger partial charge on any atom is -0.508 e. The van der Waals surface area contributed by atoms with E-state index in [0.29, 0.717) is 0 Å². The number of aromatic hydroxyl groups is 2. The summed E-state index contributed by atoms with van der Waals surface area (Å²) in [6.07, 6.45) is 0.351. The zero-order valence-electron chi connectivity index (χ0n) is 11.2. The smallest absolute Gasteiger partial charge is 0.196 e. The quantitative estimate of drug-likeness (QED) is 0.595. The maximum atomic E-state index is 12.1. The molecule has 1 aromatic heterocycles. The van der Waals surface area contributed by atoms with Crippen molar-refractivity contribution in [3.05, 3.63) is 46.3 Å². The summed E-state index contributed by atoms with van der Waals surface area (Å²) in [7, 11) is 0. The SMILES string of the molecule is O=C1C=C[C@@](O)(c2cc(=O)c3c(O)cc(O)cc3o2)[C@H](O)C1. The number of carbonyl (C=O) groups excluding carboxylic acids is 1. The highest BCUT2D eigenvalue weighted by Crippen LogP contribution is 2.34. The number of phenols is 2. The van der Waals surface area contributed by atoms with Crippen LogP contribution in [-0.4, -0.2) is 32.3 Å². The Labute approximate surface area is 123 Å². The molecule has 1 aliphatic carbocycles. The van der Waals surface area contributed by atoms with E-state index in [0.717, 1.165) is 30.4 Å². The van der Waals surface area contributed by atoms with Crippen LogP contribution in [0, 0.1) is 0 Å². The number of hydrogen-bond donors (Lipinski definition) is 4. The molecule has 3 rings (SSSR count). The molecule has 0 amide bonds. The van der Waals surface area contributed by atoms with Gasteiger partial charge in [0.2, 0.25) is 0 Å². The van der Waals surface area contributed by atoms with Crippen molar-refractivity contribution in [1.82, 2.24) is 0 Å². The van der Waals surface area contributed by atoms with Gasteiger partial charge >= 0.3 is 0 Å². The van der Waals surface area contributed by atoms with E-state index in [1.807, 2.05) is 0 Å². The van der Waals surface area contributed by atoms with E-state index in [9.17, 15) is 30.0 Å². The van der Waals surface area contributed by atoms with Gasteiger partial charge in [-0.15, -0.1) is 0 Å². The van der Waals surface area contributed by atoms with Gasteiger partial charge in [0.15, 0.2) is 16.8 Å². The summed E-state index contributed by atoms with van der Waals surface area (Å²) in [5, 5.41) is 39.4. The minimum atomic E-state index is -2.04. The number of benzene rings is 1. The van der Waals surface area contributed by atoms with Gasteiger partial charge in [-0.25, -0.2) is 0 Å². The Morgan fingerprint density at radius 1 is 1.18 bits per heavy atom. The average molecular weight is 304 g/mol. The Morgan fingerprint density at radius 3 is 2.59 bits per heavy atom. The van der Waals surface area contributed by atoms with Crippen LogP contribution < -0.4 is 5.43 Å². The third-order valence-corrected chi connectivity index (χ3v) is 3.62. The van der Waals surface area contributed by atoms with Gasteiger partial charge < -0.3 is 24.8 Å². The van der Waals surface area contributed by atoms with E-state index < -0.39 is 22.9 Å². The Hall–Kier alpha value is -2.64. The van der Waals surface area contributed by atoms with Crippen LogP contribution >= 0.6 is 0 Å². The topological polar surface area (TPSA) is 128 Å². The first-order chi connectivity index (χ1) is 10.3. The van der Waals surface area contributed by atoms with E-state index in [1.54, 1.807) is 0 Å². The second-order valence-corrected chi connectivity index (χ2v) is 5.16. The van der Waals surface area contributed by atoms with Crippen LogP contribution in [0.15, 0.2) is 39.6 Å². The van der Waals surface area contributed by atoms with Crippen LogP contribution in [0.2, 0.25) is 0 Å². The monoisotopic (exact) mass is 304 g/mol. The number of aliphatic hydroxyl groups is 2. The lowest BCUT2D eigenvalue weighted by atomic mass is 9.85. The molecular weight excluding hydrogens is 292 g/mol. The third-order valence-electron chi connectivity index (χ3n) is 3.62. The van der Waals surface area contributed by atoms with E-state index in [1.165, 1.54) is 0 Å². The van der Waals surface area contributed by atoms with Crippen LogP contribution in [0.25, 0.3) is 11.0 Å². The van der Waals surface area contributed by atoms with E-state index >= 15 is 0 Å². The van der Waals surface area contributed by atoms with E-state index in [2.05, 4.69) is 0 Å². The standard InChI is InChI=1S/C15H12O7/c16-7-1-2-15(21,12(20)5-7)13-6-10(19)14-9(18)3-8(17)4-11(14)22-13/h1-4,6,12,17-18,20-21H,5H2/t12-,15+/m1/s1. The van der Waals surface area contributed by atoms with Crippen LogP contribution in [0.5, 0.6) is 11.5 Å². The number of carbonyl (C=O) groups is 1. The van der Waals surface area contributed by atoms with Gasteiger partial charge in [0, 0.05) is 24.6 Å². The number of rotatable bonds is 1. The van der Waals surface area contributed by atoms with Gasteiger partial charge in [0.05, 0.1) is 0 Å². The second-order valence-electron chi connectivity index (χ2n) is 5.16. The van der Waals surface area contributed by atoms with Crippen molar-refractivity contribution in [2.75, 3.05) is 0 Å². The molecule has 1 aromatic carbocycles. The van der Waals surface area contributed by atoms with E-state index in [-0.39, 0.29) is 34.7 Å². The molecule has 0 radical (unpaired) electrons. The predicted molar refractivity (Wildman–Crippen MR) is 74.5 cm³/mol. The highest BCUT2D eigenvalue weighted by atomic mass is 16.4. The van der Waals surface area contributed by atoms with Crippen molar-refractivity contribution in [3.63, 3.8) is 0 Å². The van der Waals surface area contributed by atoms with Crippen molar-refractivity contribution in [1.29, 1.82) is 0 Å². The number of hydrogen-bond acceptors (Lipinski definition) is 7. The van der Waals surface area contributed by atoms with Crippen molar-refractivity contribution >= 4 is 16.8 Å². The zero-order chi connectivity index (χ0) is 16.1. The van der Waals surface area contributed by atoms with Gasteiger partial charge in [-0.3, -0.25) is 9.59 Å². The first kappa shape index (κ1) is 14.3. The fraction of sp³-hybridized carbons (Fsp3) is 0.200. The van der Waals surface area contributed by atoms with Crippen molar-refractivity contribution in [3.8, 4) is 11.5 Å². The lowest BCUT2D eigenvalue weighted by Gasteiger charge is -2.31. The molecule has 0 aliphatic heterocycles. The summed E-state index contributed by atoms with van der Waals surface area (Å²) in [4.78, 5) is 23.3. The summed E-state index contributed by atoms with van der Waals surface area (Å²) in [5.74, 6) is -1.44. The lowest BCUT2D eigenvalue weighted by molar-refractivity contribution is -0.124. The van der Waals surface area contributed by atoms with Crippen molar-refractivity contribution in [2.24, 2.45) is 0 Å². The second kappa shape index (κ2) is 4.69. The van der Waals surface area contributed by atoms with Crippen LogP contribution in [0.3, 0.4) is 0 Å². The van der Waals surface area contributed by atoms with Gasteiger partial charge in [-0.2, -0.15) is 0 Å². The normalized spacial score (nSPS) is 24.8. The first-order valence-electron chi connectivity index (χ1n) is 6.44. The number of fused-ring (bicyclic) bond motifs is 1. The van der Waals surface area contributed by atoms with E-state index in [4.69, 9.17) is 4.42 Å². The molecule has 4 N–H and O–H groups in total. The van der Waals surface area contributed by atoms with Crippen LogP contribution in [0.1, 0.15) is 12.2 Å². The number of ketones is 1. The van der Waals surface area contributed by atoms with Crippen LogP contribution in [0.4, 0.5) is 0 Å². The van der Waals surface area contributed by atoms with Gasteiger partial charge in [-0.05, 0) is 12.2 Å². The van der Waals surface area contributed by atoms with Gasteiger partial charge in [0.1, 0.15) is 34.3 Å². The molecule has 7 heteroatoms. The summed E-state index contributed by atoms with van der Waals surface area (Å²) < 4.78 is 5.36. The summed E-state index contributed by atoms with van der Waals surface area (Å²) in [6.45, 7) is 0. The predicted octanol–water partition coefficient (Wildman–Crippen LogP) is 0.282. The largest absolute Gasteiger partial charge is 0.508 e. The third kappa shape index (κ3) is 2.07. The molecular formula is C15H12O7. The lowest BCUT2D eigenvalue weighted by Crippen LogP contribution is -2.42. The molecule has 114 valence electrons. The molecule has 1 heterocycles. The molecule has 0 saturated carbocycles. The highest BCUT2D eigenvalue weighted by Gasteiger charge is 2.41. The Bertz CT molecular complexity index is 864. The fourth-order valence-electron chi connectivity index (χ4n) is 2.44. The molecule has 1 aliphatic rings. The summed E-state index contributed by atoms with van der Waals surface area (Å²) in [6, 6.07) is 3.03. The average Bonchev–Trinajstić information content (AvgIpc) is 2.42. The summed E-state index contributed by atoms with van der Waals surface area (Å²) in [5.41, 5.74) is -2.84. The minimum absolute atomic E-state index is 0.147. The number of phenolic OH excluding ortho intramolecular Hbond substituents is 2. The maximum absolute atomic E-state index is 12.1. The van der Waals surface area contributed by atoms with Gasteiger partial charge in [-0.1, -0.05) is 0 Å². The maximum Gasteiger partial charge on any atom is 0.196 e. The molecule has 2 aromatic rings. The molecule has 22 heavy (non-hydrogen) atoms. The Morgan fingerprint density at radius 2 is 1.91 bits per heavy atom. The molecule has 0 spiro atoms. The molecule has 0 fully saturated rings. The fourth-order valence-corrected chi connectivity index (χ4v) is 2.44. The zero-order valence-corrected chi connectivity index (χ0v) is 11.2. The molecule has 0 unspecified atom stereocenters. The molecule has 2 atom stereocenters. The van der Waals surface area contributed by atoms with Crippen molar-refractivity contribution < 1.29 is 29.6 Å². The number of allylic oxidation sites excluding steroid dienone is 1.